The quantitative estimate of drug-likeness (QED) is 0.124. The minimum absolute atomic E-state index is 0.00187. The molecule has 2 heterocycles. The molecule has 3 aromatic carbocycles. The minimum atomic E-state index is -0.670. The van der Waals surface area contributed by atoms with Crippen LogP contribution < -0.4 is 20.1 Å². The van der Waals surface area contributed by atoms with Crippen LogP contribution in [0.1, 0.15) is 41.0 Å². The highest BCUT2D eigenvalue weighted by atomic mass is 35.5. The number of hydrogen-bond donors (Lipinski definition) is 2. The van der Waals surface area contributed by atoms with Crippen molar-refractivity contribution in [1.29, 1.82) is 0 Å². The van der Waals surface area contributed by atoms with Crippen molar-refractivity contribution in [3.05, 3.63) is 92.8 Å². The Balaban J connectivity index is 1.34. The zero-order valence-corrected chi connectivity index (χ0v) is 30.8. The Kier molecular flexibility index (Phi) is 13.3. The first kappa shape index (κ1) is 38.0. The van der Waals surface area contributed by atoms with E-state index < -0.39 is 11.7 Å². The molecule has 4 aromatic rings. The lowest BCUT2D eigenvalue weighted by Crippen LogP contribution is -2.44. The van der Waals surface area contributed by atoms with Gasteiger partial charge in [-0.2, -0.15) is 4.98 Å². The molecule has 2 amide bonds. The van der Waals surface area contributed by atoms with Gasteiger partial charge in [0.05, 0.1) is 27.4 Å². The second kappa shape index (κ2) is 17.8. The lowest BCUT2D eigenvalue weighted by Gasteiger charge is -2.32. The standard InChI is InChI=1S/C36H39Cl3FN7O4/c1-4-47(5-2)35(49)23-10-12-30(28(39)20-23)51-34-25(33(48)43-32-26(37)8-6-9-27(32)38)22-41-36(44-34)42-24-11-13-31(29(40)21-24)50-19-7-14-46-17-15-45(3)16-18-46/h6,8-13,20-22H,4-5,7,14-19H2,1-3H3,(H,43,48)(H,41,42,44). The van der Waals surface area contributed by atoms with Gasteiger partial charge < -0.3 is 34.8 Å². The first-order valence-electron chi connectivity index (χ1n) is 16.6. The number of ether oxygens (including phenoxy) is 2. The highest BCUT2D eigenvalue weighted by molar-refractivity contribution is 6.40. The van der Waals surface area contributed by atoms with Gasteiger partial charge in [-0.25, -0.2) is 9.37 Å². The molecule has 1 saturated heterocycles. The highest BCUT2D eigenvalue weighted by Crippen LogP contribution is 2.34. The van der Waals surface area contributed by atoms with Crippen LogP contribution in [0.15, 0.2) is 60.8 Å². The number of carbonyl (C=O) groups is 2. The molecule has 0 radical (unpaired) electrons. The number of likely N-dealkylation sites (N-methyl/N-ethyl adjacent to an activating group) is 1. The van der Waals surface area contributed by atoms with E-state index in [-0.39, 0.29) is 55.6 Å². The van der Waals surface area contributed by atoms with Crippen molar-refractivity contribution in [1.82, 2.24) is 24.7 Å². The molecule has 5 rings (SSSR count). The first-order valence-corrected chi connectivity index (χ1v) is 17.7. The van der Waals surface area contributed by atoms with Crippen molar-refractivity contribution in [3.8, 4) is 17.4 Å². The summed E-state index contributed by atoms with van der Waals surface area (Å²) >= 11 is 19.1. The number of nitrogens with zero attached hydrogens (tertiary/aromatic N) is 5. The molecule has 0 bridgehead atoms. The normalized spacial score (nSPS) is 13.5. The average Bonchev–Trinajstić information content (AvgIpc) is 3.11. The lowest BCUT2D eigenvalue weighted by molar-refractivity contribution is 0.0772. The monoisotopic (exact) mass is 757 g/mol. The van der Waals surface area contributed by atoms with E-state index in [0.717, 1.165) is 39.1 Å². The number of rotatable bonds is 14. The van der Waals surface area contributed by atoms with Crippen LogP contribution in [0.3, 0.4) is 0 Å². The maximum Gasteiger partial charge on any atom is 0.262 e. The number of hydrogen-bond acceptors (Lipinski definition) is 9. The predicted molar refractivity (Wildman–Crippen MR) is 199 cm³/mol. The zero-order valence-electron chi connectivity index (χ0n) is 28.5. The van der Waals surface area contributed by atoms with Gasteiger partial charge in [0, 0.05) is 69.3 Å². The molecule has 0 aliphatic carbocycles. The minimum Gasteiger partial charge on any atom is -0.490 e. The van der Waals surface area contributed by atoms with Crippen LogP contribution in [0.4, 0.5) is 21.7 Å². The average molecular weight is 759 g/mol. The third-order valence-corrected chi connectivity index (χ3v) is 9.22. The summed E-state index contributed by atoms with van der Waals surface area (Å²) in [6.45, 7) is 10.2. The number of nitrogens with one attached hydrogen (secondary N) is 2. The van der Waals surface area contributed by atoms with Crippen molar-refractivity contribution in [2.24, 2.45) is 0 Å². The molecular formula is C36H39Cl3FN7O4. The summed E-state index contributed by atoms with van der Waals surface area (Å²) in [5.41, 5.74) is 0.813. The number of halogens is 4. The second-order valence-electron chi connectivity index (χ2n) is 11.8. The molecule has 1 aromatic heterocycles. The van der Waals surface area contributed by atoms with Gasteiger partial charge in [-0.15, -0.1) is 0 Å². The van der Waals surface area contributed by atoms with Crippen LogP contribution in [0, 0.1) is 5.82 Å². The lowest BCUT2D eigenvalue weighted by atomic mass is 10.2. The van der Waals surface area contributed by atoms with E-state index in [1.165, 1.54) is 30.5 Å². The van der Waals surface area contributed by atoms with E-state index in [4.69, 9.17) is 44.3 Å². The van der Waals surface area contributed by atoms with Gasteiger partial charge in [-0.3, -0.25) is 9.59 Å². The summed E-state index contributed by atoms with van der Waals surface area (Å²) in [4.78, 5) is 41.4. The van der Waals surface area contributed by atoms with Gasteiger partial charge in [0.25, 0.3) is 11.8 Å². The smallest absolute Gasteiger partial charge is 0.262 e. The summed E-state index contributed by atoms with van der Waals surface area (Å²) in [5.74, 6) is -1.34. The van der Waals surface area contributed by atoms with Gasteiger partial charge in [0.2, 0.25) is 11.8 Å². The van der Waals surface area contributed by atoms with Gasteiger partial charge in [0.1, 0.15) is 11.3 Å². The van der Waals surface area contributed by atoms with Crippen LogP contribution in [-0.2, 0) is 0 Å². The Morgan fingerprint density at radius 2 is 1.65 bits per heavy atom. The van der Waals surface area contributed by atoms with Crippen LogP contribution in [-0.4, -0.2) is 95.9 Å². The molecule has 0 atom stereocenters. The molecule has 1 fully saturated rings. The predicted octanol–water partition coefficient (Wildman–Crippen LogP) is 7.86. The Morgan fingerprint density at radius 3 is 2.31 bits per heavy atom. The van der Waals surface area contributed by atoms with E-state index in [2.05, 4.69) is 37.4 Å². The summed E-state index contributed by atoms with van der Waals surface area (Å²) in [7, 11) is 2.11. The zero-order chi connectivity index (χ0) is 36.5. The third-order valence-electron chi connectivity index (χ3n) is 8.30. The Bertz CT molecular complexity index is 1840. The second-order valence-corrected chi connectivity index (χ2v) is 13.0. The van der Waals surface area contributed by atoms with Gasteiger partial charge in [-0.1, -0.05) is 40.9 Å². The number of aromatic nitrogens is 2. The Labute approximate surface area is 311 Å². The molecule has 2 N–H and O–H groups in total. The van der Waals surface area contributed by atoms with E-state index in [1.807, 2.05) is 13.8 Å². The molecule has 11 nitrogen and oxygen atoms in total. The summed E-state index contributed by atoms with van der Waals surface area (Å²) in [6, 6.07) is 13.8. The number of carbonyl (C=O) groups excluding carboxylic acids is 2. The molecule has 0 saturated carbocycles. The maximum absolute atomic E-state index is 15.1. The fraction of sp³-hybridized carbons (Fsp3) is 0.333. The van der Waals surface area contributed by atoms with Crippen LogP contribution in [0.25, 0.3) is 0 Å². The van der Waals surface area contributed by atoms with E-state index in [0.29, 0.717) is 30.9 Å². The van der Waals surface area contributed by atoms with E-state index in [1.54, 1.807) is 35.2 Å². The third kappa shape index (κ3) is 9.99. The van der Waals surface area contributed by atoms with Crippen LogP contribution in [0.2, 0.25) is 15.1 Å². The SMILES string of the molecule is CCN(CC)C(=O)c1ccc(Oc2nc(Nc3ccc(OCCCN4CCN(C)CC4)c(F)c3)ncc2C(=O)Nc2c(Cl)cccc2Cl)c(Cl)c1. The molecule has 1 aliphatic rings. The van der Waals surface area contributed by atoms with Crippen molar-refractivity contribution in [2.45, 2.75) is 20.3 Å². The Hall–Kier alpha value is -4.20. The number of amides is 2. The fourth-order valence-corrected chi connectivity index (χ4v) is 6.05. The number of anilines is 3. The van der Waals surface area contributed by atoms with Gasteiger partial charge in [0.15, 0.2) is 11.6 Å². The van der Waals surface area contributed by atoms with Crippen LogP contribution >= 0.6 is 34.8 Å². The largest absolute Gasteiger partial charge is 0.490 e. The van der Waals surface area contributed by atoms with E-state index in [9.17, 15) is 9.59 Å². The maximum atomic E-state index is 15.1. The molecule has 270 valence electrons. The summed E-state index contributed by atoms with van der Waals surface area (Å²) in [5, 5.41) is 6.17. The topological polar surface area (TPSA) is 112 Å². The van der Waals surface area contributed by atoms with Crippen molar-refractivity contribution >= 4 is 63.9 Å². The van der Waals surface area contributed by atoms with Gasteiger partial charge in [-0.05, 0) is 69.8 Å². The summed E-state index contributed by atoms with van der Waals surface area (Å²) < 4.78 is 26.8. The first-order chi connectivity index (χ1) is 24.6. The molecule has 15 heteroatoms. The highest BCUT2D eigenvalue weighted by Gasteiger charge is 2.22. The Morgan fingerprint density at radius 1 is 0.941 bits per heavy atom. The van der Waals surface area contributed by atoms with Crippen molar-refractivity contribution in [2.75, 3.05) is 70.1 Å². The van der Waals surface area contributed by atoms with Crippen LogP contribution in [0.5, 0.6) is 17.4 Å². The van der Waals surface area contributed by atoms with Crippen molar-refractivity contribution in [3.63, 3.8) is 0 Å². The molecular weight excluding hydrogens is 720 g/mol. The molecule has 0 spiro atoms. The molecule has 0 unspecified atom stereocenters. The number of piperazine rings is 1. The fourth-order valence-electron chi connectivity index (χ4n) is 5.34. The summed E-state index contributed by atoms with van der Waals surface area (Å²) in [6.07, 6.45) is 2.02. The van der Waals surface area contributed by atoms with Crippen molar-refractivity contribution < 1.29 is 23.5 Å². The number of para-hydroxylation sites is 1. The van der Waals surface area contributed by atoms with Gasteiger partial charge >= 0.3 is 0 Å². The van der Waals surface area contributed by atoms with E-state index >= 15 is 4.39 Å². The molecule has 51 heavy (non-hydrogen) atoms. The number of benzene rings is 3. The molecule has 1 aliphatic heterocycles.